The molecule has 0 heterocycles. The van der Waals surface area contributed by atoms with Crippen molar-refractivity contribution >= 4 is 11.9 Å². The number of carboxylic acids is 2. The molecule has 2 N–H and O–H groups in total. The molecule has 0 aliphatic heterocycles. The Morgan fingerprint density at radius 3 is 2.11 bits per heavy atom. The molecule has 2 rings (SSSR count). The third-order valence-corrected chi connectivity index (χ3v) is 5.31. The summed E-state index contributed by atoms with van der Waals surface area (Å²) >= 11 is 0. The first-order valence-electron chi connectivity index (χ1n) is 6.44. The monoisotopic (exact) mass is 252 g/mol. The van der Waals surface area contributed by atoms with Crippen LogP contribution in [0.15, 0.2) is 12.2 Å². The first-order valence-corrected chi connectivity index (χ1v) is 6.44. The molecular weight excluding hydrogens is 232 g/mol. The number of rotatable bonds is 3. The standard InChI is InChI=1S/C14H20O4/c1-8-6-7-14(12(17)18,10-4-5-10)9(2)13(8,3)11(15)16/h6-10H,4-5H2,1-3H3,(H,15,16)(H,17,18). The molecule has 0 aromatic heterocycles. The van der Waals surface area contributed by atoms with Gasteiger partial charge in [-0.05, 0) is 37.5 Å². The van der Waals surface area contributed by atoms with Crippen LogP contribution in [0.4, 0.5) is 0 Å². The van der Waals surface area contributed by atoms with Gasteiger partial charge >= 0.3 is 11.9 Å². The lowest BCUT2D eigenvalue weighted by molar-refractivity contribution is -0.166. The van der Waals surface area contributed by atoms with Gasteiger partial charge in [0.15, 0.2) is 0 Å². The van der Waals surface area contributed by atoms with Crippen molar-refractivity contribution in [2.24, 2.45) is 28.6 Å². The summed E-state index contributed by atoms with van der Waals surface area (Å²) in [5, 5.41) is 19.2. The molecular formula is C14H20O4. The van der Waals surface area contributed by atoms with Crippen LogP contribution in [-0.4, -0.2) is 22.2 Å². The van der Waals surface area contributed by atoms with Crippen LogP contribution in [0.3, 0.4) is 0 Å². The fourth-order valence-corrected chi connectivity index (χ4v) is 3.40. The minimum atomic E-state index is -1.02. The molecule has 4 nitrogen and oxygen atoms in total. The maximum absolute atomic E-state index is 11.7. The van der Waals surface area contributed by atoms with Gasteiger partial charge in [0.2, 0.25) is 0 Å². The van der Waals surface area contributed by atoms with Crippen LogP contribution in [0.2, 0.25) is 0 Å². The Kier molecular flexibility index (Phi) is 2.80. The summed E-state index contributed by atoms with van der Waals surface area (Å²) < 4.78 is 0. The molecule has 2 aliphatic carbocycles. The van der Waals surface area contributed by atoms with Gasteiger partial charge in [-0.3, -0.25) is 9.59 Å². The molecule has 0 spiro atoms. The predicted octanol–water partition coefficient (Wildman–Crippen LogP) is 2.40. The number of allylic oxidation sites excluding steroid dienone is 1. The molecule has 4 atom stereocenters. The highest BCUT2D eigenvalue weighted by Gasteiger charge is 2.62. The molecule has 0 aromatic rings. The molecule has 100 valence electrons. The molecule has 4 unspecified atom stereocenters. The van der Waals surface area contributed by atoms with Gasteiger partial charge < -0.3 is 10.2 Å². The average molecular weight is 252 g/mol. The van der Waals surface area contributed by atoms with Gasteiger partial charge in [-0.1, -0.05) is 26.0 Å². The highest BCUT2D eigenvalue weighted by molar-refractivity contribution is 5.83. The van der Waals surface area contributed by atoms with Crippen LogP contribution >= 0.6 is 0 Å². The van der Waals surface area contributed by atoms with E-state index in [1.54, 1.807) is 26.0 Å². The van der Waals surface area contributed by atoms with Crippen molar-refractivity contribution in [1.29, 1.82) is 0 Å². The van der Waals surface area contributed by atoms with Crippen LogP contribution < -0.4 is 0 Å². The first kappa shape index (κ1) is 13.1. The van der Waals surface area contributed by atoms with Crippen molar-refractivity contribution in [3.05, 3.63) is 12.2 Å². The Morgan fingerprint density at radius 1 is 1.17 bits per heavy atom. The molecule has 18 heavy (non-hydrogen) atoms. The third kappa shape index (κ3) is 1.44. The second kappa shape index (κ2) is 3.84. The van der Waals surface area contributed by atoms with E-state index in [1.165, 1.54) is 0 Å². The smallest absolute Gasteiger partial charge is 0.314 e. The highest BCUT2D eigenvalue weighted by Crippen LogP contribution is 2.60. The molecule has 1 saturated carbocycles. The van der Waals surface area contributed by atoms with Gasteiger partial charge in [-0.2, -0.15) is 0 Å². The molecule has 4 heteroatoms. The van der Waals surface area contributed by atoms with E-state index in [4.69, 9.17) is 0 Å². The van der Waals surface area contributed by atoms with Crippen LogP contribution in [0.1, 0.15) is 33.6 Å². The summed E-state index contributed by atoms with van der Waals surface area (Å²) in [6, 6.07) is 0. The third-order valence-electron chi connectivity index (χ3n) is 5.31. The van der Waals surface area contributed by atoms with Crippen molar-refractivity contribution in [2.45, 2.75) is 33.6 Å². The summed E-state index contributed by atoms with van der Waals surface area (Å²) in [7, 11) is 0. The predicted molar refractivity (Wildman–Crippen MR) is 66.0 cm³/mol. The lowest BCUT2D eigenvalue weighted by Crippen LogP contribution is -2.53. The van der Waals surface area contributed by atoms with Crippen molar-refractivity contribution in [1.82, 2.24) is 0 Å². The summed E-state index contributed by atoms with van der Waals surface area (Å²) in [5.41, 5.74) is -2.02. The lowest BCUT2D eigenvalue weighted by atomic mass is 9.53. The number of carbonyl (C=O) groups is 2. The van der Waals surface area contributed by atoms with E-state index in [1.807, 2.05) is 6.92 Å². The Morgan fingerprint density at radius 2 is 1.72 bits per heavy atom. The zero-order valence-corrected chi connectivity index (χ0v) is 11.0. The Bertz CT molecular complexity index is 424. The maximum Gasteiger partial charge on any atom is 0.314 e. The number of carboxylic acid groups (broad SMARTS) is 2. The van der Waals surface area contributed by atoms with Crippen LogP contribution in [0.25, 0.3) is 0 Å². The molecule has 0 bridgehead atoms. The zero-order valence-electron chi connectivity index (χ0n) is 11.0. The van der Waals surface area contributed by atoms with E-state index in [-0.39, 0.29) is 11.8 Å². The topological polar surface area (TPSA) is 74.6 Å². The number of hydrogen-bond acceptors (Lipinski definition) is 2. The van der Waals surface area contributed by atoms with E-state index in [0.717, 1.165) is 12.8 Å². The van der Waals surface area contributed by atoms with Gasteiger partial charge in [0.25, 0.3) is 0 Å². The Labute approximate surface area is 107 Å². The van der Waals surface area contributed by atoms with Crippen molar-refractivity contribution in [3.63, 3.8) is 0 Å². The summed E-state index contributed by atoms with van der Waals surface area (Å²) in [6.07, 6.45) is 5.30. The van der Waals surface area contributed by atoms with Crippen LogP contribution in [0.5, 0.6) is 0 Å². The van der Waals surface area contributed by atoms with Gasteiger partial charge in [0.05, 0.1) is 10.8 Å². The van der Waals surface area contributed by atoms with Crippen molar-refractivity contribution in [3.8, 4) is 0 Å². The summed E-state index contributed by atoms with van der Waals surface area (Å²) in [4.78, 5) is 23.4. The molecule has 0 amide bonds. The highest BCUT2D eigenvalue weighted by atomic mass is 16.4. The fourth-order valence-electron chi connectivity index (χ4n) is 3.40. The first-order chi connectivity index (χ1) is 8.27. The van der Waals surface area contributed by atoms with Gasteiger partial charge in [0, 0.05) is 0 Å². The molecule has 0 radical (unpaired) electrons. The second-order valence-corrected chi connectivity index (χ2v) is 5.97. The van der Waals surface area contributed by atoms with Crippen LogP contribution in [0, 0.1) is 28.6 Å². The summed E-state index contributed by atoms with van der Waals surface area (Å²) in [6.45, 7) is 5.30. The van der Waals surface area contributed by atoms with Crippen LogP contribution in [-0.2, 0) is 9.59 Å². The van der Waals surface area contributed by atoms with Gasteiger partial charge in [0.1, 0.15) is 0 Å². The lowest BCUT2D eigenvalue weighted by Gasteiger charge is -2.48. The van der Waals surface area contributed by atoms with E-state index >= 15 is 0 Å². The van der Waals surface area contributed by atoms with Gasteiger partial charge in [-0.25, -0.2) is 0 Å². The maximum atomic E-state index is 11.7. The molecule has 0 aromatic carbocycles. The second-order valence-electron chi connectivity index (χ2n) is 5.97. The quantitative estimate of drug-likeness (QED) is 0.756. The normalized spacial score (nSPS) is 43.7. The van der Waals surface area contributed by atoms with E-state index in [2.05, 4.69) is 0 Å². The van der Waals surface area contributed by atoms with E-state index in [0.29, 0.717) is 0 Å². The minimum Gasteiger partial charge on any atom is -0.481 e. The SMILES string of the molecule is CC1C=CC(C(=O)O)(C2CC2)C(C)C1(C)C(=O)O. The minimum absolute atomic E-state index is 0.0902. The fraction of sp³-hybridized carbons (Fsp3) is 0.714. The molecule has 1 fully saturated rings. The largest absolute Gasteiger partial charge is 0.481 e. The molecule has 2 aliphatic rings. The Balaban J connectivity index is 2.54. The Hall–Kier alpha value is -1.32. The zero-order chi connectivity index (χ0) is 13.7. The molecule has 0 saturated heterocycles. The van der Waals surface area contributed by atoms with E-state index < -0.39 is 28.7 Å². The summed E-state index contributed by atoms with van der Waals surface area (Å²) in [5.74, 6) is -2.26. The number of hydrogen-bond donors (Lipinski definition) is 2. The van der Waals surface area contributed by atoms with Crippen molar-refractivity contribution in [2.75, 3.05) is 0 Å². The number of aliphatic carboxylic acids is 2. The van der Waals surface area contributed by atoms with E-state index in [9.17, 15) is 19.8 Å². The average Bonchev–Trinajstić information content (AvgIpc) is 3.10. The van der Waals surface area contributed by atoms with Crippen molar-refractivity contribution < 1.29 is 19.8 Å². The van der Waals surface area contributed by atoms with Gasteiger partial charge in [-0.15, -0.1) is 0 Å².